The van der Waals surface area contributed by atoms with Crippen molar-refractivity contribution in [3.8, 4) is 0 Å². The second-order valence-electron chi connectivity index (χ2n) is 5.01. The van der Waals surface area contributed by atoms with Crippen LogP contribution >= 0.6 is 0 Å². The summed E-state index contributed by atoms with van der Waals surface area (Å²) in [5.41, 5.74) is 0.574. The highest BCUT2D eigenvalue weighted by Gasteiger charge is 2.09. The third-order valence-corrected chi connectivity index (χ3v) is 3.32. The molecule has 1 amide bonds. The normalized spacial score (nSPS) is 10.4. The molecule has 1 aromatic carbocycles. The number of nitrogens with zero attached hydrogens (tertiary/aromatic N) is 2. The van der Waals surface area contributed by atoms with Crippen LogP contribution in [0.4, 0.5) is 10.2 Å². The fourth-order valence-corrected chi connectivity index (χ4v) is 2.05. The molecule has 0 aliphatic heterocycles. The third kappa shape index (κ3) is 3.95. The first-order valence-electron chi connectivity index (χ1n) is 7.34. The molecule has 2 heterocycles. The minimum Gasteiger partial charge on any atom is -0.467 e. The van der Waals surface area contributed by atoms with E-state index in [-0.39, 0.29) is 18.1 Å². The molecule has 3 aromatic rings. The van der Waals surface area contributed by atoms with Crippen LogP contribution in [0.3, 0.4) is 0 Å². The van der Waals surface area contributed by atoms with Crippen LogP contribution in [0.15, 0.2) is 59.2 Å². The van der Waals surface area contributed by atoms with Crippen LogP contribution in [0, 0.1) is 5.82 Å². The van der Waals surface area contributed by atoms with Gasteiger partial charge in [-0.1, -0.05) is 18.2 Å². The quantitative estimate of drug-likeness (QED) is 0.728. The first-order chi connectivity index (χ1) is 11.7. The van der Waals surface area contributed by atoms with E-state index in [1.54, 1.807) is 42.7 Å². The van der Waals surface area contributed by atoms with Gasteiger partial charge in [-0.25, -0.2) is 4.39 Å². The topological polar surface area (TPSA) is 80.0 Å². The van der Waals surface area contributed by atoms with Crippen LogP contribution in [-0.4, -0.2) is 16.1 Å². The van der Waals surface area contributed by atoms with E-state index in [1.807, 2.05) is 6.07 Å². The lowest BCUT2D eigenvalue weighted by Gasteiger charge is -2.06. The van der Waals surface area contributed by atoms with Gasteiger partial charge in [0.1, 0.15) is 17.4 Å². The zero-order chi connectivity index (χ0) is 16.8. The summed E-state index contributed by atoms with van der Waals surface area (Å²) in [5, 5.41) is 13.4. The summed E-state index contributed by atoms with van der Waals surface area (Å²) < 4.78 is 18.7. The highest BCUT2D eigenvalue weighted by molar-refractivity contribution is 5.92. The first kappa shape index (κ1) is 15.7. The van der Waals surface area contributed by atoms with Crippen LogP contribution < -0.4 is 10.6 Å². The number of rotatable bonds is 6. The average molecular weight is 326 g/mol. The zero-order valence-electron chi connectivity index (χ0n) is 12.7. The van der Waals surface area contributed by atoms with E-state index in [2.05, 4.69) is 20.8 Å². The van der Waals surface area contributed by atoms with Gasteiger partial charge >= 0.3 is 0 Å². The van der Waals surface area contributed by atoms with Crippen molar-refractivity contribution >= 4 is 11.7 Å². The van der Waals surface area contributed by atoms with E-state index in [0.29, 0.717) is 17.9 Å². The lowest BCUT2D eigenvalue weighted by molar-refractivity contribution is 0.0944. The Labute approximate surface area is 137 Å². The fourth-order valence-electron chi connectivity index (χ4n) is 2.05. The van der Waals surface area contributed by atoms with Gasteiger partial charge in [-0.15, -0.1) is 10.2 Å². The molecule has 0 fully saturated rings. The summed E-state index contributed by atoms with van der Waals surface area (Å²) in [7, 11) is 0. The maximum Gasteiger partial charge on any atom is 0.272 e. The summed E-state index contributed by atoms with van der Waals surface area (Å²) in [6.45, 7) is 0.562. The van der Waals surface area contributed by atoms with Gasteiger partial charge in [0, 0.05) is 12.1 Å². The van der Waals surface area contributed by atoms with E-state index in [9.17, 15) is 9.18 Å². The Balaban J connectivity index is 1.54. The lowest BCUT2D eigenvalue weighted by atomic mass is 10.2. The minimum atomic E-state index is -0.414. The first-order valence-corrected chi connectivity index (χ1v) is 7.34. The van der Waals surface area contributed by atoms with Crippen LogP contribution in [0.5, 0.6) is 0 Å². The Morgan fingerprint density at radius 2 is 1.92 bits per heavy atom. The molecule has 0 aliphatic rings. The molecule has 2 N–H and O–H groups in total. The molecule has 0 saturated heterocycles. The van der Waals surface area contributed by atoms with Gasteiger partial charge in [0.15, 0.2) is 5.69 Å². The summed E-state index contributed by atoms with van der Waals surface area (Å²) in [6, 6.07) is 13.1. The Morgan fingerprint density at radius 1 is 1.04 bits per heavy atom. The van der Waals surface area contributed by atoms with Gasteiger partial charge in [-0.2, -0.15) is 0 Å². The second-order valence-corrected chi connectivity index (χ2v) is 5.01. The molecule has 0 bridgehead atoms. The summed E-state index contributed by atoms with van der Waals surface area (Å²) in [4.78, 5) is 12.0. The number of hydrogen-bond donors (Lipinski definition) is 2. The number of anilines is 1. The molecule has 6 nitrogen and oxygen atoms in total. The van der Waals surface area contributed by atoms with Gasteiger partial charge in [0.05, 0.1) is 12.8 Å². The molecular weight excluding hydrogens is 311 g/mol. The summed E-state index contributed by atoms with van der Waals surface area (Å²) in [6.07, 6.45) is 1.59. The smallest absolute Gasteiger partial charge is 0.272 e. The monoisotopic (exact) mass is 326 g/mol. The molecule has 0 aliphatic carbocycles. The number of carbonyl (C=O) groups is 1. The SMILES string of the molecule is O=C(NCc1ccccc1F)c1ccc(NCc2ccco2)nn1. The van der Waals surface area contributed by atoms with Crippen molar-refractivity contribution < 1.29 is 13.6 Å². The van der Waals surface area contributed by atoms with Gasteiger partial charge in [-0.3, -0.25) is 4.79 Å². The number of benzene rings is 1. The summed E-state index contributed by atoms with van der Waals surface area (Å²) >= 11 is 0. The van der Waals surface area contributed by atoms with E-state index in [1.165, 1.54) is 6.07 Å². The predicted molar refractivity (Wildman–Crippen MR) is 85.6 cm³/mol. The van der Waals surface area contributed by atoms with Crippen molar-refractivity contribution in [2.45, 2.75) is 13.1 Å². The number of carbonyl (C=O) groups excluding carboxylic acids is 1. The fraction of sp³-hybridized carbons (Fsp3) is 0.118. The highest BCUT2D eigenvalue weighted by Crippen LogP contribution is 2.08. The van der Waals surface area contributed by atoms with E-state index < -0.39 is 5.91 Å². The molecule has 3 rings (SSSR count). The Bertz CT molecular complexity index is 804. The molecular formula is C17H15FN4O2. The van der Waals surface area contributed by atoms with Gasteiger partial charge < -0.3 is 15.1 Å². The van der Waals surface area contributed by atoms with Gasteiger partial charge in [-0.05, 0) is 30.3 Å². The van der Waals surface area contributed by atoms with Crippen molar-refractivity contribution in [2.24, 2.45) is 0 Å². The largest absolute Gasteiger partial charge is 0.467 e. The number of nitrogens with one attached hydrogen (secondary N) is 2. The predicted octanol–water partition coefficient (Wildman–Crippen LogP) is 2.75. The van der Waals surface area contributed by atoms with Crippen LogP contribution in [0.25, 0.3) is 0 Å². The van der Waals surface area contributed by atoms with Crippen LogP contribution in [0.2, 0.25) is 0 Å². The number of amides is 1. The Morgan fingerprint density at radius 3 is 2.62 bits per heavy atom. The van der Waals surface area contributed by atoms with Crippen molar-refractivity contribution in [1.82, 2.24) is 15.5 Å². The number of halogens is 1. The number of furan rings is 1. The van der Waals surface area contributed by atoms with Crippen molar-refractivity contribution in [1.29, 1.82) is 0 Å². The molecule has 0 radical (unpaired) electrons. The van der Waals surface area contributed by atoms with Gasteiger partial charge in [0.25, 0.3) is 5.91 Å². The zero-order valence-corrected chi connectivity index (χ0v) is 12.7. The lowest BCUT2D eigenvalue weighted by Crippen LogP contribution is -2.24. The number of aromatic nitrogens is 2. The molecule has 0 saturated carbocycles. The maximum atomic E-state index is 13.5. The third-order valence-electron chi connectivity index (χ3n) is 3.32. The summed E-state index contributed by atoms with van der Waals surface area (Å²) in [5.74, 6) is 0.519. The van der Waals surface area contributed by atoms with Crippen molar-refractivity contribution in [3.05, 3.63) is 77.6 Å². The molecule has 7 heteroatoms. The molecule has 0 spiro atoms. The Kier molecular flexibility index (Phi) is 4.81. The number of hydrogen-bond acceptors (Lipinski definition) is 5. The second kappa shape index (κ2) is 7.36. The van der Waals surface area contributed by atoms with Crippen LogP contribution in [-0.2, 0) is 13.1 Å². The molecule has 0 atom stereocenters. The highest BCUT2D eigenvalue weighted by atomic mass is 19.1. The van der Waals surface area contributed by atoms with Crippen molar-refractivity contribution in [3.63, 3.8) is 0 Å². The maximum absolute atomic E-state index is 13.5. The average Bonchev–Trinajstić information content (AvgIpc) is 3.13. The molecule has 24 heavy (non-hydrogen) atoms. The Hall–Kier alpha value is -3.22. The van der Waals surface area contributed by atoms with E-state index >= 15 is 0 Å². The van der Waals surface area contributed by atoms with Crippen molar-refractivity contribution in [2.75, 3.05) is 5.32 Å². The molecule has 0 unspecified atom stereocenters. The van der Waals surface area contributed by atoms with Gasteiger partial charge in [0.2, 0.25) is 0 Å². The van der Waals surface area contributed by atoms with Crippen LogP contribution in [0.1, 0.15) is 21.8 Å². The molecule has 122 valence electrons. The van der Waals surface area contributed by atoms with E-state index in [4.69, 9.17) is 4.42 Å². The van der Waals surface area contributed by atoms with E-state index in [0.717, 1.165) is 5.76 Å². The standard InChI is InChI=1S/C17H15FN4O2/c18-14-6-2-1-4-12(14)10-20-17(23)15-7-8-16(22-21-15)19-11-13-5-3-9-24-13/h1-9H,10-11H2,(H,19,22)(H,20,23). The minimum absolute atomic E-state index is 0.0890. The molecule has 2 aromatic heterocycles.